The van der Waals surface area contributed by atoms with Gasteiger partial charge in [-0.3, -0.25) is 10.1 Å². The van der Waals surface area contributed by atoms with Crippen LogP contribution in [0.15, 0.2) is 29.5 Å². The highest BCUT2D eigenvalue weighted by Crippen LogP contribution is 2.12. The van der Waals surface area contributed by atoms with Crippen molar-refractivity contribution < 1.29 is 9.59 Å². The van der Waals surface area contributed by atoms with Crippen molar-refractivity contribution in [3.05, 3.63) is 30.1 Å². The summed E-state index contributed by atoms with van der Waals surface area (Å²) >= 11 is 0. The Morgan fingerprint density at radius 2 is 2.13 bits per heavy atom. The maximum Gasteiger partial charge on any atom is 0.320 e. The first-order chi connectivity index (χ1) is 10.9. The van der Waals surface area contributed by atoms with Gasteiger partial charge in [0.1, 0.15) is 11.5 Å². The zero-order valence-corrected chi connectivity index (χ0v) is 13.6. The zero-order chi connectivity index (χ0) is 17.0. The van der Waals surface area contributed by atoms with Crippen molar-refractivity contribution in [2.75, 3.05) is 26.0 Å². The number of urea groups is 1. The number of pyridine rings is 1. The SMILES string of the molecule is CCNC(=O)Nc1cn2ccc(C(=O)N=C(C)N(C)C)cc2n1. The van der Waals surface area contributed by atoms with Gasteiger partial charge in [-0.1, -0.05) is 0 Å². The van der Waals surface area contributed by atoms with Crippen LogP contribution in [0, 0.1) is 0 Å². The molecule has 0 unspecified atom stereocenters. The van der Waals surface area contributed by atoms with E-state index < -0.39 is 0 Å². The second kappa shape index (κ2) is 6.91. The molecule has 0 aliphatic heterocycles. The van der Waals surface area contributed by atoms with Crippen molar-refractivity contribution in [1.82, 2.24) is 19.6 Å². The first kappa shape index (κ1) is 16.5. The van der Waals surface area contributed by atoms with Crippen LogP contribution in [0.25, 0.3) is 5.65 Å². The summed E-state index contributed by atoms with van der Waals surface area (Å²) in [5, 5.41) is 5.25. The highest BCUT2D eigenvalue weighted by Gasteiger charge is 2.10. The number of carbonyl (C=O) groups is 2. The number of nitrogens with zero attached hydrogens (tertiary/aromatic N) is 4. The third-order valence-electron chi connectivity index (χ3n) is 3.20. The third kappa shape index (κ3) is 4.06. The van der Waals surface area contributed by atoms with Crippen LogP contribution < -0.4 is 10.6 Å². The fraction of sp³-hybridized carbons (Fsp3) is 0.333. The van der Waals surface area contributed by atoms with E-state index in [4.69, 9.17) is 0 Å². The van der Waals surface area contributed by atoms with Gasteiger partial charge in [0.25, 0.3) is 5.91 Å². The molecule has 0 saturated heterocycles. The number of amidine groups is 1. The summed E-state index contributed by atoms with van der Waals surface area (Å²) in [6.07, 6.45) is 3.38. The average molecular weight is 316 g/mol. The summed E-state index contributed by atoms with van der Waals surface area (Å²) in [7, 11) is 3.65. The molecule has 0 aliphatic carbocycles. The van der Waals surface area contributed by atoms with Gasteiger partial charge in [-0.05, 0) is 26.0 Å². The van der Waals surface area contributed by atoms with E-state index in [1.807, 2.05) is 21.0 Å². The molecule has 8 nitrogen and oxygen atoms in total. The molecule has 0 aromatic carbocycles. The van der Waals surface area contributed by atoms with E-state index in [0.717, 1.165) is 0 Å². The normalized spacial score (nSPS) is 11.4. The molecule has 3 amide bonds. The number of rotatable bonds is 3. The molecule has 2 aromatic heterocycles. The Morgan fingerprint density at radius 1 is 1.39 bits per heavy atom. The molecule has 8 heteroatoms. The number of hydrogen-bond donors (Lipinski definition) is 2. The molecule has 2 heterocycles. The van der Waals surface area contributed by atoms with Crippen molar-refractivity contribution >= 4 is 29.2 Å². The molecule has 0 bridgehead atoms. The Kier molecular flexibility index (Phi) is 4.95. The van der Waals surface area contributed by atoms with Crippen LogP contribution in [0.1, 0.15) is 24.2 Å². The number of imidazole rings is 1. The molecule has 2 rings (SSSR count). The van der Waals surface area contributed by atoms with E-state index in [1.165, 1.54) is 0 Å². The van der Waals surface area contributed by atoms with E-state index in [9.17, 15) is 9.59 Å². The molecular weight excluding hydrogens is 296 g/mol. The number of nitrogens with one attached hydrogen (secondary N) is 2. The van der Waals surface area contributed by atoms with Gasteiger partial charge in [-0.25, -0.2) is 9.78 Å². The first-order valence-corrected chi connectivity index (χ1v) is 7.21. The third-order valence-corrected chi connectivity index (χ3v) is 3.20. The number of hydrogen-bond acceptors (Lipinski definition) is 3. The minimum atomic E-state index is -0.333. The Balaban J connectivity index is 2.24. The Labute approximate surface area is 134 Å². The summed E-state index contributed by atoms with van der Waals surface area (Å²) in [5.41, 5.74) is 0.995. The molecular formula is C15H20N6O2. The Morgan fingerprint density at radius 3 is 2.78 bits per heavy atom. The van der Waals surface area contributed by atoms with Gasteiger partial charge in [-0.15, -0.1) is 0 Å². The number of aliphatic imine (C=N–C) groups is 1. The quantitative estimate of drug-likeness (QED) is 0.664. The molecule has 2 aromatic rings. The monoisotopic (exact) mass is 316 g/mol. The molecule has 0 radical (unpaired) electrons. The van der Waals surface area contributed by atoms with Crippen LogP contribution in [0.3, 0.4) is 0 Å². The topological polar surface area (TPSA) is 91.1 Å². The number of amides is 3. The molecule has 23 heavy (non-hydrogen) atoms. The summed E-state index contributed by atoms with van der Waals surface area (Å²) in [6.45, 7) is 4.12. The Hall–Kier alpha value is -2.90. The van der Waals surface area contributed by atoms with Crippen molar-refractivity contribution in [2.24, 2.45) is 4.99 Å². The largest absolute Gasteiger partial charge is 0.366 e. The van der Waals surface area contributed by atoms with Crippen LogP contribution in [0.2, 0.25) is 0 Å². The van der Waals surface area contributed by atoms with Crippen LogP contribution in [0.5, 0.6) is 0 Å². The van der Waals surface area contributed by atoms with Gasteiger partial charge >= 0.3 is 6.03 Å². The molecule has 0 fully saturated rings. The van der Waals surface area contributed by atoms with Crippen LogP contribution in [-0.2, 0) is 0 Å². The second-order valence-corrected chi connectivity index (χ2v) is 5.15. The van der Waals surface area contributed by atoms with E-state index in [0.29, 0.717) is 29.4 Å². The van der Waals surface area contributed by atoms with Crippen molar-refractivity contribution in [1.29, 1.82) is 0 Å². The van der Waals surface area contributed by atoms with Gasteiger partial charge in [0, 0.05) is 32.4 Å². The number of anilines is 1. The van der Waals surface area contributed by atoms with E-state index in [-0.39, 0.29) is 11.9 Å². The summed E-state index contributed by atoms with van der Waals surface area (Å²) in [6, 6.07) is 2.98. The van der Waals surface area contributed by atoms with Crippen LogP contribution >= 0.6 is 0 Å². The molecule has 0 saturated carbocycles. The van der Waals surface area contributed by atoms with Gasteiger partial charge < -0.3 is 14.6 Å². The fourth-order valence-electron chi connectivity index (χ4n) is 1.81. The fourth-order valence-corrected chi connectivity index (χ4v) is 1.81. The minimum absolute atomic E-state index is 0.321. The zero-order valence-electron chi connectivity index (χ0n) is 13.6. The van der Waals surface area contributed by atoms with E-state index in [2.05, 4.69) is 20.6 Å². The van der Waals surface area contributed by atoms with Gasteiger partial charge in [-0.2, -0.15) is 4.99 Å². The minimum Gasteiger partial charge on any atom is -0.366 e. The van der Waals surface area contributed by atoms with E-state index in [1.54, 1.807) is 40.8 Å². The standard InChI is InChI=1S/C15H20N6O2/c1-5-16-15(23)19-12-9-21-7-6-11(8-13(21)18-12)14(22)17-10(2)20(3)4/h6-9H,5H2,1-4H3,(H2,16,19,23). The lowest BCUT2D eigenvalue weighted by Gasteiger charge is -2.10. The van der Waals surface area contributed by atoms with Crippen molar-refractivity contribution in [2.45, 2.75) is 13.8 Å². The number of aromatic nitrogens is 2. The Bertz CT molecular complexity index is 762. The maximum absolute atomic E-state index is 12.1. The predicted octanol–water partition coefficient (Wildman–Crippen LogP) is 1.60. The highest BCUT2D eigenvalue weighted by atomic mass is 16.2. The number of carbonyl (C=O) groups excluding carboxylic acids is 2. The summed E-state index contributed by atoms with van der Waals surface area (Å²) < 4.78 is 1.72. The summed E-state index contributed by atoms with van der Waals surface area (Å²) in [4.78, 5) is 33.7. The highest BCUT2D eigenvalue weighted by molar-refractivity contribution is 6.03. The first-order valence-electron chi connectivity index (χ1n) is 7.21. The van der Waals surface area contributed by atoms with Gasteiger partial charge in [0.2, 0.25) is 0 Å². The van der Waals surface area contributed by atoms with Crippen molar-refractivity contribution in [3.63, 3.8) is 0 Å². The average Bonchev–Trinajstić information content (AvgIpc) is 2.88. The lowest BCUT2D eigenvalue weighted by Crippen LogP contribution is -2.28. The maximum atomic E-state index is 12.1. The summed E-state index contributed by atoms with van der Waals surface area (Å²) in [5.74, 6) is 0.699. The second-order valence-electron chi connectivity index (χ2n) is 5.15. The lowest BCUT2D eigenvalue weighted by molar-refractivity contribution is 0.100. The number of fused-ring (bicyclic) bond motifs is 1. The molecule has 0 spiro atoms. The molecule has 122 valence electrons. The lowest BCUT2D eigenvalue weighted by atomic mass is 10.2. The molecule has 0 atom stereocenters. The van der Waals surface area contributed by atoms with Crippen molar-refractivity contribution in [3.8, 4) is 0 Å². The van der Waals surface area contributed by atoms with E-state index >= 15 is 0 Å². The molecule has 2 N–H and O–H groups in total. The van der Waals surface area contributed by atoms with Crippen LogP contribution in [0.4, 0.5) is 10.6 Å². The molecule has 0 aliphatic rings. The predicted molar refractivity (Wildman–Crippen MR) is 89.0 cm³/mol. The van der Waals surface area contributed by atoms with Crippen LogP contribution in [-0.4, -0.2) is 52.7 Å². The smallest absolute Gasteiger partial charge is 0.320 e. The van der Waals surface area contributed by atoms with Gasteiger partial charge in [0.05, 0.1) is 6.20 Å². The van der Waals surface area contributed by atoms with Gasteiger partial charge in [0.15, 0.2) is 5.82 Å².